The highest BCUT2D eigenvalue weighted by atomic mass is 16.5. The van der Waals surface area contributed by atoms with Gasteiger partial charge in [-0.15, -0.1) is 0 Å². The van der Waals surface area contributed by atoms with Crippen molar-refractivity contribution in [3.63, 3.8) is 0 Å². The molecule has 58 valence electrons. The number of ketones is 1. The Morgan fingerprint density at radius 1 is 1.36 bits per heavy atom. The largest absolute Gasteiger partial charge is 0.486 e. The number of hydrogen-bond acceptors (Lipinski definition) is 2. The molecule has 2 nitrogen and oxygen atoms in total. The molecule has 0 aromatic heterocycles. The molecule has 0 N–H and O–H groups in total. The van der Waals surface area contributed by atoms with E-state index in [2.05, 4.69) is 0 Å². The molecule has 0 fully saturated rings. The highest BCUT2D eigenvalue weighted by Gasteiger charge is 2.21. The number of Topliss-reactive ketones (excluding diaryl/α,β-unsaturated/α-hetero) is 1. The predicted molar refractivity (Wildman–Crippen MR) is 41.0 cm³/mol. The zero-order valence-electron chi connectivity index (χ0n) is 6.30. The van der Waals surface area contributed by atoms with E-state index < -0.39 is 0 Å². The van der Waals surface area contributed by atoms with Crippen molar-refractivity contribution in [2.45, 2.75) is 19.3 Å². The van der Waals surface area contributed by atoms with E-state index in [1.807, 2.05) is 12.2 Å². The smallest absolute Gasteiger partial charge is 0.197 e. The molecule has 2 heteroatoms. The zero-order valence-corrected chi connectivity index (χ0v) is 6.30. The number of ether oxygens (including phenoxy) is 1. The van der Waals surface area contributed by atoms with E-state index in [9.17, 15) is 4.79 Å². The van der Waals surface area contributed by atoms with Crippen LogP contribution in [0.4, 0.5) is 0 Å². The Morgan fingerprint density at radius 3 is 3.09 bits per heavy atom. The van der Waals surface area contributed by atoms with Crippen molar-refractivity contribution in [2.24, 2.45) is 0 Å². The van der Waals surface area contributed by atoms with Gasteiger partial charge in [0.15, 0.2) is 11.5 Å². The van der Waals surface area contributed by atoms with Gasteiger partial charge in [0.1, 0.15) is 6.61 Å². The topological polar surface area (TPSA) is 26.3 Å². The van der Waals surface area contributed by atoms with E-state index in [1.54, 1.807) is 0 Å². The lowest BCUT2D eigenvalue weighted by Crippen LogP contribution is -2.16. The minimum atomic E-state index is 0.176. The lowest BCUT2D eigenvalue weighted by atomic mass is 9.95. The maximum absolute atomic E-state index is 11.2. The average molecular weight is 150 g/mol. The Bertz CT molecular complexity index is 248. The third-order valence-corrected chi connectivity index (χ3v) is 2.04. The van der Waals surface area contributed by atoms with Crippen LogP contribution in [-0.2, 0) is 9.53 Å². The number of rotatable bonds is 0. The molecule has 0 bridgehead atoms. The van der Waals surface area contributed by atoms with Crippen LogP contribution in [0.2, 0.25) is 0 Å². The number of allylic oxidation sites excluding steroid dienone is 3. The predicted octanol–water partition coefficient (Wildman–Crippen LogP) is 1.58. The van der Waals surface area contributed by atoms with Gasteiger partial charge in [-0.1, -0.05) is 6.08 Å². The molecule has 0 saturated heterocycles. The maximum Gasteiger partial charge on any atom is 0.197 e. The molecule has 0 aromatic rings. The van der Waals surface area contributed by atoms with E-state index in [-0.39, 0.29) is 5.78 Å². The third-order valence-electron chi connectivity index (χ3n) is 2.04. The van der Waals surface area contributed by atoms with Crippen LogP contribution in [0, 0.1) is 0 Å². The molecule has 2 aliphatic rings. The number of hydrogen-bond donors (Lipinski definition) is 0. The Labute approximate surface area is 65.5 Å². The van der Waals surface area contributed by atoms with E-state index >= 15 is 0 Å². The Kier molecular flexibility index (Phi) is 1.53. The Hall–Kier alpha value is -1.05. The summed E-state index contributed by atoms with van der Waals surface area (Å²) in [5, 5.41) is 0. The highest BCUT2D eigenvalue weighted by molar-refractivity contribution is 5.95. The summed E-state index contributed by atoms with van der Waals surface area (Å²) in [5.41, 5.74) is 1.09. The summed E-state index contributed by atoms with van der Waals surface area (Å²) in [4.78, 5) is 11.2. The van der Waals surface area contributed by atoms with Gasteiger partial charge in [-0.2, -0.15) is 0 Å². The Balaban J connectivity index is 2.35. The summed E-state index contributed by atoms with van der Waals surface area (Å²) >= 11 is 0. The molecule has 0 unspecified atom stereocenters. The first-order valence-electron chi connectivity index (χ1n) is 3.93. The highest BCUT2D eigenvalue weighted by Crippen LogP contribution is 2.25. The first-order chi connectivity index (χ1) is 5.38. The average Bonchev–Trinajstić information content (AvgIpc) is 2.06. The maximum atomic E-state index is 11.2. The SMILES string of the molecule is O=C1CCCC2=C1OCC=C2. The van der Waals surface area contributed by atoms with Crippen molar-refractivity contribution in [2.75, 3.05) is 6.61 Å². The van der Waals surface area contributed by atoms with E-state index in [0.29, 0.717) is 18.8 Å². The fraction of sp³-hybridized carbons (Fsp3) is 0.444. The number of carbonyl (C=O) groups excluding carboxylic acids is 1. The summed E-state index contributed by atoms with van der Waals surface area (Å²) in [6, 6.07) is 0. The monoisotopic (exact) mass is 150 g/mol. The van der Waals surface area contributed by atoms with Crippen LogP contribution in [0.1, 0.15) is 19.3 Å². The summed E-state index contributed by atoms with van der Waals surface area (Å²) < 4.78 is 5.24. The molecular weight excluding hydrogens is 140 g/mol. The van der Waals surface area contributed by atoms with Gasteiger partial charge in [0.25, 0.3) is 0 Å². The molecule has 2 rings (SSSR count). The summed E-state index contributed by atoms with van der Waals surface area (Å²) in [5.74, 6) is 0.800. The van der Waals surface area contributed by atoms with Crippen LogP contribution in [0.5, 0.6) is 0 Å². The summed E-state index contributed by atoms with van der Waals surface area (Å²) in [6.45, 7) is 0.560. The second-order valence-electron chi connectivity index (χ2n) is 2.84. The van der Waals surface area contributed by atoms with Crippen LogP contribution in [-0.4, -0.2) is 12.4 Å². The minimum Gasteiger partial charge on any atom is -0.486 e. The van der Waals surface area contributed by atoms with Crippen molar-refractivity contribution < 1.29 is 9.53 Å². The van der Waals surface area contributed by atoms with Gasteiger partial charge in [0.05, 0.1) is 0 Å². The fourth-order valence-corrected chi connectivity index (χ4v) is 1.50. The molecule has 11 heavy (non-hydrogen) atoms. The molecule has 1 heterocycles. The molecule has 0 aromatic carbocycles. The van der Waals surface area contributed by atoms with Gasteiger partial charge >= 0.3 is 0 Å². The van der Waals surface area contributed by atoms with Crippen molar-refractivity contribution in [1.82, 2.24) is 0 Å². The van der Waals surface area contributed by atoms with Gasteiger partial charge in [-0.05, 0) is 24.5 Å². The molecule has 0 radical (unpaired) electrons. The summed E-state index contributed by atoms with van der Waals surface area (Å²) in [6.07, 6.45) is 6.60. The van der Waals surface area contributed by atoms with E-state index in [4.69, 9.17) is 4.74 Å². The van der Waals surface area contributed by atoms with Crippen LogP contribution >= 0.6 is 0 Å². The minimum absolute atomic E-state index is 0.176. The van der Waals surface area contributed by atoms with E-state index in [1.165, 1.54) is 0 Å². The van der Waals surface area contributed by atoms with Crippen molar-refractivity contribution >= 4 is 5.78 Å². The second kappa shape index (κ2) is 2.53. The standard InChI is InChI=1S/C9H10O2/c10-8-5-1-3-7-4-2-6-11-9(7)8/h2,4H,1,3,5-6H2. The van der Waals surface area contributed by atoms with Gasteiger partial charge in [0.2, 0.25) is 0 Å². The van der Waals surface area contributed by atoms with Crippen molar-refractivity contribution in [1.29, 1.82) is 0 Å². The zero-order chi connectivity index (χ0) is 7.68. The summed E-state index contributed by atoms with van der Waals surface area (Å²) in [7, 11) is 0. The van der Waals surface area contributed by atoms with Crippen LogP contribution in [0.15, 0.2) is 23.5 Å². The quantitative estimate of drug-likeness (QED) is 0.524. The first kappa shape index (κ1) is 6.65. The first-order valence-corrected chi connectivity index (χ1v) is 3.93. The lowest BCUT2D eigenvalue weighted by Gasteiger charge is -2.19. The molecule has 1 aliphatic carbocycles. The Morgan fingerprint density at radius 2 is 2.27 bits per heavy atom. The molecule has 0 atom stereocenters. The van der Waals surface area contributed by atoms with Gasteiger partial charge in [0, 0.05) is 6.42 Å². The van der Waals surface area contributed by atoms with Crippen molar-refractivity contribution in [3.05, 3.63) is 23.5 Å². The van der Waals surface area contributed by atoms with Crippen LogP contribution < -0.4 is 0 Å². The van der Waals surface area contributed by atoms with Crippen LogP contribution in [0.3, 0.4) is 0 Å². The van der Waals surface area contributed by atoms with E-state index in [0.717, 1.165) is 18.4 Å². The fourth-order valence-electron chi connectivity index (χ4n) is 1.50. The van der Waals surface area contributed by atoms with Gasteiger partial charge < -0.3 is 4.74 Å². The second-order valence-corrected chi connectivity index (χ2v) is 2.84. The molecule has 1 aliphatic heterocycles. The molecule has 0 spiro atoms. The normalized spacial score (nSPS) is 23.1. The third kappa shape index (κ3) is 1.09. The van der Waals surface area contributed by atoms with Gasteiger partial charge in [-0.25, -0.2) is 0 Å². The number of carbonyl (C=O) groups is 1. The van der Waals surface area contributed by atoms with Crippen molar-refractivity contribution in [3.8, 4) is 0 Å². The molecular formula is C9H10O2. The molecule has 0 saturated carbocycles. The lowest BCUT2D eigenvalue weighted by molar-refractivity contribution is -0.119. The molecule has 0 amide bonds. The van der Waals surface area contributed by atoms with Crippen LogP contribution in [0.25, 0.3) is 0 Å². The van der Waals surface area contributed by atoms with Gasteiger partial charge in [-0.3, -0.25) is 4.79 Å².